The van der Waals surface area contributed by atoms with Gasteiger partial charge >= 0.3 is 0 Å². The van der Waals surface area contributed by atoms with E-state index in [2.05, 4.69) is 47.4 Å². The van der Waals surface area contributed by atoms with Crippen molar-refractivity contribution in [2.24, 2.45) is 40.7 Å². The number of piperidine rings is 1. The average Bonchev–Trinajstić information content (AvgIpc) is 3.76. The van der Waals surface area contributed by atoms with Crippen LogP contribution in [0.3, 0.4) is 0 Å². The zero-order chi connectivity index (χ0) is 42.4. The smallest absolute Gasteiger partial charge is 0.160 e. The Morgan fingerprint density at radius 1 is 1.03 bits per heavy atom. The first kappa shape index (κ1) is 44.0. The molecule has 60 heavy (non-hydrogen) atoms. The molecule has 10 nitrogen and oxygen atoms in total. The molecule has 0 unspecified atom stereocenters. The van der Waals surface area contributed by atoms with Crippen molar-refractivity contribution in [2.75, 3.05) is 20.2 Å². The number of H-pyrrole nitrogens is 1. The number of fused-ring (bicyclic) bond motifs is 2. The Kier molecular flexibility index (Phi) is 14.5. The molecule has 1 spiro atoms. The molecule has 3 aliphatic carbocycles. The summed E-state index contributed by atoms with van der Waals surface area (Å²) in [6, 6.07) is 6.00. The van der Waals surface area contributed by atoms with Gasteiger partial charge in [-0.1, -0.05) is 38.5 Å². The average molecular weight is 823 g/mol. The first-order chi connectivity index (χ1) is 28.9. The summed E-state index contributed by atoms with van der Waals surface area (Å²) < 4.78 is 5.52. The van der Waals surface area contributed by atoms with E-state index in [4.69, 9.17) is 10.5 Å². The van der Waals surface area contributed by atoms with Gasteiger partial charge in [-0.3, -0.25) is 9.59 Å². The number of nitrogens with two attached hydrogens (primary N) is 1. The molecule has 2 aliphatic heterocycles. The van der Waals surface area contributed by atoms with Crippen LogP contribution in [0.4, 0.5) is 0 Å². The SMILES string of the molecule is COc1cc2c(cc1O)[C@@H](CC[C@H](O)[C@H](CCC(C)C)CC1=C(Cc3cc[nH]c3)CNC(N)=C1)C#C[C@@]1(CC[C@H](CC[C@@H]3CN[C@@H]4CC(=O)CC[C@@H]4C3)C[C@H]1O)C(=O)CC2. The lowest BCUT2D eigenvalue weighted by molar-refractivity contribution is -0.134. The van der Waals surface area contributed by atoms with Crippen LogP contribution in [0, 0.1) is 46.8 Å². The highest BCUT2D eigenvalue weighted by molar-refractivity contribution is 5.89. The summed E-state index contributed by atoms with van der Waals surface area (Å²) in [6.45, 7) is 6.06. The molecule has 0 radical (unpaired) electrons. The standard InChI is InChI=1S/C50H70N4O6/c1-31(2)4-7-38(23-39-25-49(51)54-30-40(39)21-34-16-19-52-28-34)44(56)12-9-35-15-18-50(47(58)13-10-36-24-46(60-3)45(57)27-42(35)36)17-14-32(22-48(50)59)5-6-33-20-37-8-11-41(55)26-43(37)53-29-33/h16,19,24-25,27-28,31-33,35,37-38,43-44,48,52-54,56-57,59H,4-14,17,20-23,26,29-30,51H2,1-3H3/t32-,33-,35-,37+,38+,43+,44-,48+,50-/m0/s1. The zero-order valence-corrected chi connectivity index (χ0v) is 36.2. The number of rotatable bonds is 15. The largest absolute Gasteiger partial charge is 0.504 e. The van der Waals surface area contributed by atoms with Crippen molar-refractivity contribution < 1.29 is 29.6 Å². The number of aryl methyl sites for hydroxylation is 1. The number of methoxy groups -OCH3 is 1. The van der Waals surface area contributed by atoms with Crippen LogP contribution in [-0.4, -0.2) is 70.3 Å². The van der Waals surface area contributed by atoms with E-state index >= 15 is 0 Å². The Morgan fingerprint density at radius 3 is 2.63 bits per heavy atom. The maximum Gasteiger partial charge on any atom is 0.160 e. The second-order valence-electron chi connectivity index (χ2n) is 19.4. The van der Waals surface area contributed by atoms with E-state index < -0.39 is 17.6 Å². The Labute approximate surface area is 357 Å². The molecule has 3 fully saturated rings. The zero-order valence-electron chi connectivity index (χ0n) is 36.2. The number of phenols is 1. The summed E-state index contributed by atoms with van der Waals surface area (Å²) in [6.07, 6.45) is 17.2. The second kappa shape index (κ2) is 19.8. The van der Waals surface area contributed by atoms with E-state index in [0.717, 1.165) is 62.6 Å². The van der Waals surface area contributed by atoms with Gasteiger partial charge < -0.3 is 41.4 Å². The molecule has 3 heterocycles. The number of aromatic nitrogens is 1. The van der Waals surface area contributed by atoms with Crippen LogP contribution in [0.15, 0.2) is 53.6 Å². The Balaban J connectivity index is 1.08. The molecule has 5 aliphatic rings. The van der Waals surface area contributed by atoms with Gasteiger partial charge in [-0.25, -0.2) is 0 Å². The number of aliphatic hydroxyl groups is 2. The highest BCUT2D eigenvalue weighted by Gasteiger charge is 2.47. The summed E-state index contributed by atoms with van der Waals surface area (Å²) in [5.41, 5.74) is 10.6. The molecule has 9 atom stereocenters. The lowest BCUT2D eigenvalue weighted by Gasteiger charge is -2.42. The fourth-order valence-corrected chi connectivity index (χ4v) is 11.1. The third-order valence-electron chi connectivity index (χ3n) is 14.8. The number of carbonyl (C=O) groups excluding carboxylic acids is 2. The maximum atomic E-state index is 14.3. The number of ketones is 2. The van der Waals surface area contributed by atoms with E-state index in [1.165, 1.54) is 30.2 Å². The molecule has 0 bridgehead atoms. The molecule has 326 valence electrons. The Hall–Kier alpha value is -4.04. The van der Waals surface area contributed by atoms with Crippen molar-refractivity contribution in [3.05, 3.63) is 70.3 Å². The molecule has 1 aromatic carbocycles. The van der Waals surface area contributed by atoms with Gasteiger partial charge in [-0.2, -0.15) is 0 Å². The van der Waals surface area contributed by atoms with Crippen molar-refractivity contribution >= 4 is 11.6 Å². The number of carbonyl (C=O) groups is 2. The van der Waals surface area contributed by atoms with Gasteiger partial charge in [0, 0.05) is 50.2 Å². The van der Waals surface area contributed by atoms with Crippen molar-refractivity contribution in [3.63, 3.8) is 0 Å². The van der Waals surface area contributed by atoms with E-state index in [1.54, 1.807) is 6.07 Å². The summed E-state index contributed by atoms with van der Waals surface area (Å²) in [5, 5.41) is 42.1. The number of aromatic amines is 1. The first-order valence-electron chi connectivity index (χ1n) is 23.0. The normalized spacial score (nSPS) is 29.3. The molecule has 0 amide bonds. The van der Waals surface area contributed by atoms with E-state index in [-0.39, 0.29) is 29.8 Å². The number of Topliss-reactive ketones (excluding diaryl/α,β-unsaturated/α-hetero) is 2. The second-order valence-corrected chi connectivity index (χ2v) is 19.4. The van der Waals surface area contributed by atoms with Crippen molar-refractivity contribution in [1.82, 2.24) is 15.6 Å². The number of aromatic hydroxyl groups is 1. The third kappa shape index (κ3) is 10.5. The molecule has 10 heteroatoms. The lowest BCUT2D eigenvalue weighted by atomic mass is 9.64. The minimum Gasteiger partial charge on any atom is -0.504 e. The van der Waals surface area contributed by atoms with Gasteiger partial charge in [-0.15, -0.1) is 0 Å². The minimum absolute atomic E-state index is 0.00140. The first-order valence-corrected chi connectivity index (χ1v) is 23.0. The number of dihydropyridines is 1. The van der Waals surface area contributed by atoms with Gasteiger partial charge in [0.2, 0.25) is 0 Å². The van der Waals surface area contributed by atoms with Gasteiger partial charge in [-0.05, 0) is 165 Å². The number of phenolic OH excluding ortho intramolecular Hbond substituents is 1. The highest BCUT2D eigenvalue weighted by Crippen LogP contribution is 2.45. The fraction of sp³-hybridized carbons (Fsp3) is 0.640. The molecule has 8 N–H and O–H groups in total. The number of benzene rings is 1. The lowest BCUT2D eigenvalue weighted by Crippen LogP contribution is -2.49. The Morgan fingerprint density at radius 2 is 1.87 bits per heavy atom. The van der Waals surface area contributed by atoms with Gasteiger partial charge in [0.05, 0.1) is 25.1 Å². The van der Waals surface area contributed by atoms with E-state index in [9.17, 15) is 24.9 Å². The highest BCUT2D eigenvalue weighted by atomic mass is 16.5. The van der Waals surface area contributed by atoms with Crippen LogP contribution >= 0.6 is 0 Å². The summed E-state index contributed by atoms with van der Waals surface area (Å²) in [4.78, 5) is 29.5. The number of aliphatic hydroxyl groups excluding tert-OH is 2. The topological polar surface area (TPSA) is 170 Å². The van der Waals surface area contributed by atoms with Gasteiger partial charge in [0.15, 0.2) is 17.3 Å². The summed E-state index contributed by atoms with van der Waals surface area (Å²) >= 11 is 0. The van der Waals surface area contributed by atoms with Crippen LogP contribution in [0.25, 0.3) is 0 Å². The predicted molar refractivity (Wildman–Crippen MR) is 235 cm³/mol. The Bertz CT molecular complexity index is 1940. The maximum absolute atomic E-state index is 14.3. The van der Waals surface area contributed by atoms with E-state index in [0.29, 0.717) is 105 Å². The van der Waals surface area contributed by atoms with Gasteiger partial charge in [0.25, 0.3) is 0 Å². The van der Waals surface area contributed by atoms with E-state index in [1.807, 2.05) is 24.5 Å². The predicted octanol–water partition coefficient (Wildman–Crippen LogP) is 7.13. The molecule has 1 saturated heterocycles. The fourth-order valence-electron chi connectivity index (χ4n) is 11.1. The van der Waals surface area contributed by atoms with Crippen LogP contribution in [-0.2, 0) is 22.4 Å². The van der Waals surface area contributed by atoms with Crippen molar-refractivity contribution in [2.45, 2.75) is 147 Å². The molecule has 2 aromatic rings. The van der Waals surface area contributed by atoms with Crippen LogP contribution < -0.4 is 21.1 Å². The number of hydrogen-bond acceptors (Lipinski definition) is 9. The third-order valence-corrected chi connectivity index (χ3v) is 14.8. The summed E-state index contributed by atoms with van der Waals surface area (Å²) in [7, 11) is 1.53. The van der Waals surface area contributed by atoms with Crippen molar-refractivity contribution in [3.8, 4) is 23.3 Å². The molecule has 1 aromatic heterocycles. The van der Waals surface area contributed by atoms with Crippen LogP contribution in [0.5, 0.6) is 11.5 Å². The summed E-state index contributed by atoms with van der Waals surface area (Å²) in [5.74, 6) is 9.98. The quantitative estimate of drug-likeness (QED) is 0.0924. The van der Waals surface area contributed by atoms with Crippen LogP contribution in [0.2, 0.25) is 0 Å². The molecule has 7 rings (SSSR count). The molecular formula is C50H70N4O6. The van der Waals surface area contributed by atoms with Gasteiger partial charge in [0.1, 0.15) is 11.2 Å². The number of allylic oxidation sites excluding steroid dienone is 2. The molecule has 2 saturated carbocycles. The van der Waals surface area contributed by atoms with Crippen LogP contribution in [0.1, 0.15) is 133 Å². The molecular weight excluding hydrogens is 753 g/mol. The number of hydrogen-bond donors (Lipinski definition) is 7. The number of nitrogens with one attached hydrogen (secondary N) is 3. The van der Waals surface area contributed by atoms with Crippen molar-refractivity contribution in [1.29, 1.82) is 0 Å². The number of ether oxygens (including phenoxy) is 1. The monoisotopic (exact) mass is 823 g/mol. The minimum atomic E-state index is -1.14.